The van der Waals surface area contributed by atoms with Crippen molar-refractivity contribution in [2.75, 3.05) is 51.0 Å². The summed E-state index contributed by atoms with van der Waals surface area (Å²) in [6.07, 6.45) is -12.7. The van der Waals surface area contributed by atoms with E-state index in [0.29, 0.717) is 37.6 Å². The molecule has 4 rings (SSSR count). The molecule has 0 aromatic heterocycles. The van der Waals surface area contributed by atoms with Crippen molar-refractivity contribution < 1.29 is 64.4 Å². The van der Waals surface area contributed by atoms with Crippen LogP contribution >= 0.6 is 0 Å². The second kappa shape index (κ2) is 20.1. The molecule has 1 unspecified atom stereocenters. The fourth-order valence-corrected chi connectivity index (χ4v) is 5.67. The number of nitro groups is 1. The van der Waals surface area contributed by atoms with Crippen LogP contribution in [0.2, 0.25) is 0 Å². The van der Waals surface area contributed by atoms with Crippen LogP contribution in [0.5, 0.6) is 0 Å². The predicted molar refractivity (Wildman–Crippen MR) is 179 cm³/mol. The normalized spacial score (nSPS) is 29.7. The maximum atomic E-state index is 10.8. The topological polar surface area (TPSA) is 259 Å². The predicted octanol–water partition coefficient (Wildman–Crippen LogP) is 0.664. The van der Waals surface area contributed by atoms with Gasteiger partial charge in [-0.05, 0) is 62.6 Å². The molecule has 0 aliphatic carbocycles. The summed E-state index contributed by atoms with van der Waals surface area (Å²) in [7, 11) is 0. The van der Waals surface area contributed by atoms with E-state index in [1.54, 1.807) is 0 Å². The fourth-order valence-electron chi connectivity index (χ4n) is 5.67. The Bertz CT molecular complexity index is 1350. The molecule has 2 aliphatic rings. The highest BCUT2D eigenvalue weighted by Gasteiger charge is 2.51. The fraction of sp³-hybridized carbons (Fsp3) is 0.636. The molecule has 18 heteroatoms. The Labute approximate surface area is 294 Å². The van der Waals surface area contributed by atoms with Crippen molar-refractivity contribution in [2.45, 2.75) is 87.6 Å². The molecule has 0 bridgehead atoms. The van der Waals surface area contributed by atoms with Crippen LogP contribution in [0.15, 0.2) is 58.8 Å². The average Bonchev–Trinajstić information content (AvgIpc) is 3.14. The molecule has 2 aromatic rings. The number of hydrogen-bond donors (Lipinski definition) is 7. The van der Waals surface area contributed by atoms with Gasteiger partial charge in [-0.3, -0.25) is 10.1 Å². The molecule has 2 saturated heterocycles. The highest BCUT2D eigenvalue weighted by Crippen LogP contribution is 2.30. The van der Waals surface area contributed by atoms with E-state index in [4.69, 9.17) is 23.7 Å². The first-order valence-electron chi connectivity index (χ1n) is 16.9. The van der Waals surface area contributed by atoms with Crippen molar-refractivity contribution >= 4 is 22.7 Å². The molecule has 0 spiro atoms. The van der Waals surface area contributed by atoms with Crippen LogP contribution in [-0.2, 0) is 23.7 Å². The number of nitrogens with zero attached hydrogens (tertiary/aromatic N) is 4. The molecule has 7 N–H and O–H groups in total. The second-order valence-corrected chi connectivity index (χ2v) is 12.1. The molecule has 2 aliphatic heterocycles. The molecular formula is C33H48N4O14. The van der Waals surface area contributed by atoms with E-state index in [1.807, 2.05) is 31.2 Å². The van der Waals surface area contributed by atoms with Gasteiger partial charge in [0.1, 0.15) is 48.8 Å². The third-order valence-electron chi connectivity index (χ3n) is 8.64. The van der Waals surface area contributed by atoms with Gasteiger partial charge in [0.05, 0.1) is 36.1 Å². The van der Waals surface area contributed by atoms with E-state index in [2.05, 4.69) is 15.1 Å². The van der Waals surface area contributed by atoms with Gasteiger partial charge in [-0.25, -0.2) is 0 Å². The second-order valence-electron chi connectivity index (χ2n) is 12.1. The Hall–Kier alpha value is -3.24. The Balaban J connectivity index is 1.16. The lowest BCUT2D eigenvalue weighted by atomic mass is 9.97. The first-order valence-corrected chi connectivity index (χ1v) is 16.9. The van der Waals surface area contributed by atoms with E-state index in [1.165, 1.54) is 24.3 Å². The zero-order valence-electron chi connectivity index (χ0n) is 28.2. The maximum absolute atomic E-state index is 10.8. The van der Waals surface area contributed by atoms with Crippen molar-refractivity contribution in [3.63, 3.8) is 0 Å². The monoisotopic (exact) mass is 724 g/mol. The molecule has 0 saturated carbocycles. The number of benzene rings is 2. The summed E-state index contributed by atoms with van der Waals surface area (Å²) in [6, 6.07) is 13.4. The summed E-state index contributed by atoms with van der Waals surface area (Å²) in [5.41, 5.74) is 2.12. The first kappa shape index (κ1) is 40.5. The molecular weight excluding hydrogens is 676 g/mol. The minimum Gasteiger partial charge on any atom is -0.394 e. The van der Waals surface area contributed by atoms with E-state index >= 15 is 0 Å². The molecule has 51 heavy (non-hydrogen) atoms. The van der Waals surface area contributed by atoms with Gasteiger partial charge < -0.3 is 64.3 Å². The number of nitro benzene ring substituents is 1. The van der Waals surface area contributed by atoms with Crippen LogP contribution in [0, 0.1) is 10.1 Å². The number of hydrogen-bond acceptors (Lipinski definition) is 17. The van der Waals surface area contributed by atoms with Crippen molar-refractivity contribution in [1.29, 1.82) is 0 Å². The van der Waals surface area contributed by atoms with Gasteiger partial charge >= 0.3 is 0 Å². The number of non-ortho nitro benzene ring substituents is 1. The number of ether oxygens (including phenoxy) is 5. The minimum atomic E-state index is -1.76. The number of likely N-dealkylation sites (N-methyl/N-ethyl adjacent to an activating group) is 1. The third kappa shape index (κ3) is 11.1. The highest BCUT2D eigenvalue weighted by atomic mass is 16.7. The number of rotatable bonds is 19. The molecule has 2 aromatic carbocycles. The lowest BCUT2D eigenvalue weighted by Gasteiger charge is -2.46. The Morgan fingerprint density at radius 1 is 0.765 bits per heavy atom. The minimum absolute atomic E-state index is 0.0132. The summed E-state index contributed by atoms with van der Waals surface area (Å²) >= 11 is 0. The van der Waals surface area contributed by atoms with Crippen molar-refractivity contribution in [3.05, 3.63) is 58.6 Å². The van der Waals surface area contributed by atoms with Gasteiger partial charge in [0.25, 0.3) is 5.69 Å². The Kier molecular flexibility index (Phi) is 16.0. The van der Waals surface area contributed by atoms with E-state index in [-0.39, 0.29) is 12.3 Å². The number of azo groups is 1. The van der Waals surface area contributed by atoms with Crippen LogP contribution in [-0.4, -0.2) is 148 Å². The number of unbranched alkanes of at least 4 members (excludes halogenated alkanes) is 2. The standard InChI is InChI=1S/C33H48N4O14/c1-2-36(22-10-6-20(7-11-22)34-35-21-8-12-23(13-9-21)37(45)46)14-17-47-15-4-3-5-16-48-31-27(41)26(40)24(18-38)50-33(31)51-30-25(19-39)49-32(44)29(43)28(30)42/h6-13,24-33,38-44H,2-5,14-19H2,1H3/t24-,25-,26+,27+,28-,29-,30-,31-,32?,33+/m1/s1. The smallest absolute Gasteiger partial charge is 0.269 e. The summed E-state index contributed by atoms with van der Waals surface area (Å²) < 4.78 is 28.2. The Morgan fingerprint density at radius 3 is 1.98 bits per heavy atom. The van der Waals surface area contributed by atoms with E-state index in [0.717, 1.165) is 25.1 Å². The average molecular weight is 725 g/mol. The molecule has 2 fully saturated rings. The van der Waals surface area contributed by atoms with E-state index < -0.39 is 79.5 Å². The molecule has 2 heterocycles. The van der Waals surface area contributed by atoms with Gasteiger partial charge in [-0.2, -0.15) is 10.2 Å². The van der Waals surface area contributed by atoms with E-state index in [9.17, 15) is 45.9 Å². The zero-order chi connectivity index (χ0) is 36.9. The SMILES string of the molecule is CCN(CCOCCCCCO[C@H]1[C@H](O[C@H]2[C@H](O)[C@@H](O)C(O)O[C@@H]2CO)O[C@H](CO)[C@H](O)[C@@H]1O)c1ccc(N=Nc2ccc([N+](=O)[O-])cc2)cc1. The van der Waals surface area contributed by atoms with Crippen molar-refractivity contribution in [3.8, 4) is 0 Å². The zero-order valence-corrected chi connectivity index (χ0v) is 28.2. The van der Waals surface area contributed by atoms with Crippen LogP contribution in [0.4, 0.5) is 22.7 Å². The van der Waals surface area contributed by atoms with Gasteiger partial charge in [-0.15, -0.1) is 0 Å². The van der Waals surface area contributed by atoms with Crippen molar-refractivity contribution in [1.82, 2.24) is 0 Å². The van der Waals surface area contributed by atoms with Gasteiger partial charge in [0.15, 0.2) is 12.6 Å². The van der Waals surface area contributed by atoms with Crippen LogP contribution in [0.25, 0.3) is 0 Å². The Morgan fingerprint density at radius 2 is 1.37 bits per heavy atom. The molecule has 0 amide bonds. The molecule has 284 valence electrons. The largest absolute Gasteiger partial charge is 0.394 e. The van der Waals surface area contributed by atoms with Crippen LogP contribution in [0.3, 0.4) is 0 Å². The third-order valence-corrected chi connectivity index (χ3v) is 8.64. The van der Waals surface area contributed by atoms with Gasteiger partial charge in [0, 0.05) is 44.1 Å². The molecule has 10 atom stereocenters. The summed E-state index contributed by atoms with van der Waals surface area (Å²) in [5.74, 6) is 0. The highest BCUT2D eigenvalue weighted by molar-refractivity contribution is 5.53. The molecule has 18 nitrogen and oxygen atoms in total. The van der Waals surface area contributed by atoms with Crippen molar-refractivity contribution in [2.24, 2.45) is 10.2 Å². The number of aliphatic hydroxyl groups is 7. The number of aliphatic hydroxyl groups excluding tert-OH is 7. The summed E-state index contributed by atoms with van der Waals surface area (Å²) in [6.45, 7) is 3.28. The number of anilines is 1. The maximum Gasteiger partial charge on any atom is 0.269 e. The van der Waals surface area contributed by atoms with Gasteiger partial charge in [-0.1, -0.05) is 0 Å². The van der Waals surface area contributed by atoms with Crippen LogP contribution < -0.4 is 4.90 Å². The van der Waals surface area contributed by atoms with Crippen LogP contribution in [0.1, 0.15) is 26.2 Å². The van der Waals surface area contributed by atoms with Gasteiger partial charge in [0.2, 0.25) is 0 Å². The summed E-state index contributed by atoms with van der Waals surface area (Å²) in [5, 5.41) is 89.8. The summed E-state index contributed by atoms with van der Waals surface area (Å²) in [4.78, 5) is 12.5. The lowest BCUT2D eigenvalue weighted by Crippen LogP contribution is -2.64. The quantitative estimate of drug-likeness (QED) is 0.0455. The lowest BCUT2D eigenvalue weighted by molar-refractivity contribution is -0.384. The molecule has 0 radical (unpaired) electrons. The first-order chi connectivity index (χ1) is 24.6.